The van der Waals surface area contributed by atoms with E-state index < -0.39 is 0 Å². The third kappa shape index (κ3) is 6.44. The molecule has 2 N–H and O–H groups in total. The highest BCUT2D eigenvalue weighted by Gasteiger charge is 2.14. The summed E-state index contributed by atoms with van der Waals surface area (Å²) in [7, 11) is 1.53. The molecule has 0 amide bonds. The van der Waals surface area contributed by atoms with Gasteiger partial charge < -0.3 is 20.1 Å². The molecule has 0 aliphatic carbocycles. The van der Waals surface area contributed by atoms with Gasteiger partial charge in [-0.1, -0.05) is 44.2 Å². The quantitative estimate of drug-likeness (QED) is 0.366. The zero-order valence-electron chi connectivity index (χ0n) is 19.3. The predicted molar refractivity (Wildman–Crippen MR) is 130 cm³/mol. The van der Waals surface area contributed by atoms with Crippen molar-refractivity contribution < 1.29 is 9.84 Å². The maximum absolute atomic E-state index is 9.87. The van der Waals surface area contributed by atoms with E-state index in [1.165, 1.54) is 19.1 Å². The van der Waals surface area contributed by atoms with E-state index in [0.29, 0.717) is 5.75 Å². The molecule has 1 atom stereocenters. The lowest BCUT2D eigenvalue weighted by Gasteiger charge is -2.22. The van der Waals surface area contributed by atoms with Gasteiger partial charge in [0.1, 0.15) is 5.82 Å². The molecule has 0 aliphatic heterocycles. The number of ether oxygens (including phenoxy) is 1. The van der Waals surface area contributed by atoms with Crippen LogP contribution >= 0.6 is 0 Å². The van der Waals surface area contributed by atoms with E-state index in [4.69, 9.17) is 9.72 Å². The lowest BCUT2D eigenvalue weighted by Crippen LogP contribution is -2.24. The van der Waals surface area contributed by atoms with Gasteiger partial charge in [0.05, 0.1) is 31.2 Å². The zero-order valence-corrected chi connectivity index (χ0v) is 19.3. The lowest BCUT2D eigenvalue weighted by atomic mass is 10.0. The Bertz CT molecular complexity index is 961. The predicted octanol–water partition coefficient (Wildman–Crippen LogP) is 5.52. The molecule has 3 aromatic rings. The Morgan fingerprint density at radius 3 is 2.53 bits per heavy atom. The van der Waals surface area contributed by atoms with Crippen molar-refractivity contribution >= 4 is 5.82 Å². The minimum Gasteiger partial charge on any atom is -0.504 e. The number of hydrogen-bond acceptors (Lipinski definition) is 6. The smallest absolute Gasteiger partial charge is 0.161 e. The van der Waals surface area contributed by atoms with E-state index in [1.54, 1.807) is 24.5 Å². The number of aromatic hydroxyl groups is 1. The number of phenolic OH excluding ortho intramolecular Hbond substituents is 1. The van der Waals surface area contributed by atoms with Crippen LogP contribution in [-0.4, -0.2) is 46.7 Å². The van der Waals surface area contributed by atoms with Gasteiger partial charge >= 0.3 is 0 Å². The number of rotatable bonds is 12. The summed E-state index contributed by atoms with van der Waals surface area (Å²) in [6.45, 7) is 7.76. The van der Waals surface area contributed by atoms with Crippen molar-refractivity contribution in [1.29, 1.82) is 0 Å². The second kappa shape index (κ2) is 12.1. The van der Waals surface area contributed by atoms with E-state index in [2.05, 4.69) is 53.3 Å². The Labute approximate surface area is 191 Å². The molecule has 0 fully saturated rings. The Morgan fingerprint density at radius 1 is 1.03 bits per heavy atom. The van der Waals surface area contributed by atoms with Gasteiger partial charge in [0.25, 0.3) is 0 Å². The summed E-state index contributed by atoms with van der Waals surface area (Å²) in [6.07, 6.45) is 6.80. The second-order valence-electron chi connectivity index (χ2n) is 7.81. The fourth-order valence-corrected chi connectivity index (χ4v) is 3.82. The van der Waals surface area contributed by atoms with Gasteiger partial charge in [0, 0.05) is 5.56 Å². The van der Waals surface area contributed by atoms with Crippen LogP contribution < -0.4 is 10.1 Å². The van der Waals surface area contributed by atoms with Crippen LogP contribution in [0.3, 0.4) is 0 Å². The van der Waals surface area contributed by atoms with Crippen molar-refractivity contribution in [2.24, 2.45) is 0 Å². The van der Waals surface area contributed by atoms with Gasteiger partial charge in [0.2, 0.25) is 0 Å². The number of benzene rings is 2. The van der Waals surface area contributed by atoms with Crippen molar-refractivity contribution in [3.63, 3.8) is 0 Å². The average molecular weight is 435 g/mol. The highest BCUT2D eigenvalue weighted by atomic mass is 16.5. The van der Waals surface area contributed by atoms with Gasteiger partial charge in [-0.15, -0.1) is 0 Å². The van der Waals surface area contributed by atoms with Gasteiger partial charge in [-0.25, -0.2) is 4.98 Å². The molecule has 0 saturated carbocycles. The minimum absolute atomic E-state index is 0.104. The number of hydrogen-bond donors (Lipinski definition) is 2. The third-order valence-corrected chi connectivity index (χ3v) is 5.75. The van der Waals surface area contributed by atoms with Crippen molar-refractivity contribution in [1.82, 2.24) is 14.9 Å². The molecule has 0 aliphatic rings. The molecule has 1 aromatic heterocycles. The van der Waals surface area contributed by atoms with Gasteiger partial charge in [0.15, 0.2) is 11.5 Å². The summed E-state index contributed by atoms with van der Waals surface area (Å²) in [5, 5.41) is 13.5. The Kier molecular flexibility index (Phi) is 8.87. The molecule has 0 radical (unpaired) electrons. The van der Waals surface area contributed by atoms with Gasteiger partial charge in [-0.2, -0.15) is 0 Å². The molecule has 0 bridgehead atoms. The SMILES string of the molecule is CCN(CC)CCCCC(Nc1cncc(-c2ccc(O)c(OC)c2)n1)c1ccccc1. The molecule has 170 valence electrons. The van der Waals surface area contributed by atoms with Crippen LogP contribution in [0.2, 0.25) is 0 Å². The average Bonchev–Trinajstić information content (AvgIpc) is 2.84. The van der Waals surface area contributed by atoms with Crippen molar-refractivity contribution in [2.75, 3.05) is 32.1 Å². The zero-order chi connectivity index (χ0) is 22.8. The third-order valence-electron chi connectivity index (χ3n) is 5.75. The Hall–Kier alpha value is -3.12. The topological polar surface area (TPSA) is 70.5 Å². The summed E-state index contributed by atoms with van der Waals surface area (Å²) < 4.78 is 5.23. The molecule has 6 nitrogen and oxygen atoms in total. The summed E-state index contributed by atoms with van der Waals surface area (Å²) in [5.74, 6) is 1.25. The van der Waals surface area contributed by atoms with Crippen LogP contribution in [0.1, 0.15) is 44.7 Å². The number of unbranched alkanes of at least 4 members (excludes halogenated alkanes) is 1. The number of nitrogens with one attached hydrogen (secondary N) is 1. The first-order valence-corrected chi connectivity index (χ1v) is 11.4. The number of aromatic nitrogens is 2. The molecular formula is C26H34N4O2. The summed E-state index contributed by atoms with van der Waals surface area (Å²) in [6, 6.07) is 15.9. The monoisotopic (exact) mass is 434 g/mol. The number of anilines is 1. The number of phenols is 1. The van der Waals surface area contributed by atoms with E-state index in [9.17, 15) is 5.11 Å². The molecule has 0 saturated heterocycles. The maximum atomic E-state index is 9.87. The van der Waals surface area contributed by atoms with Crippen LogP contribution in [0, 0.1) is 0 Å². The molecule has 3 rings (SSSR count). The summed E-state index contributed by atoms with van der Waals surface area (Å²) >= 11 is 0. The minimum atomic E-state index is 0.104. The highest BCUT2D eigenvalue weighted by molar-refractivity contribution is 5.64. The maximum Gasteiger partial charge on any atom is 0.161 e. The summed E-state index contributed by atoms with van der Waals surface area (Å²) in [5.41, 5.74) is 2.81. The van der Waals surface area contributed by atoms with Gasteiger partial charge in [-0.3, -0.25) is 4.98 Å². The van der Waals surface area contributed by atoms with Crippen LogP contribution in [0.15, 0.2) is 60.9 Å². The Balaban J connectivity index is 1.74. The fourth-order valence-electron chi connectivity index (χ4n) is 3.82. The molecule has 1 heterocycles. The van der Waals surface area contributed by atoms with E-state index in [1.807, 2.05) is 12.1 Å². The molecule has 0 spiro atoms. The molecule has 6 heteroatoms. The molecule has 32 heavy (non-hydrogen) atoms. The first-order chi connectivity index (χ1) is 15.6. The van der Waals surface area contributed by atoms with Crippen LogP contribution in [0.25, 0.3) is 11.3 Å². The molecular weight excluding hydrogens is 400 g/mol. The normalized spacial score (nSPS) is 12.0. The second-order valence-corrected chi connectivity index (χ2v) is 7.81. The van der Waals surface area contributed by atoms with Crippen molar-refractivity contribution in [3.8, 4) is 22.8 Å². The highest BCUT2D eigenvalue weighted by Crippen LogP contribution is 2.31. The number of methoxy groups -OCH3 is 1. The fraction of sp³-hybridized carbons (Fsp3) is 0.385. The van der Waals surface area contributed by atoms with E-state index >= 15 is 0 Å². The first-order valence-electron chi connectivity index (χ1n) is 11.4. The van der Waals surface area contributed by atoms with Crippen molar-refractivity contribution in [2.45, 2.75) is 39.2 Å². The number of nitrogens with zero attached hydrogens (tertiary/aromatic N) is 3. The van der Waals surface area contributed by atoms with Crippen LogP contribution in [0.5, 0.6) is 11.5 Å². The van der Waals surface area contributed by atoms with E-state index in [0.717, 1.165) is 49.6 Å². The van der Waals surface area contributed by atoms with Crippen molar-refractivity contribution in [3.05, 3.63) is 66.5 Å². The first kappa shape index (κ1) is 23.5. The van der Waals surface area contributed by atoms with Crippen LogP contribution in [0.4, 0.5) is 5.82 Å². The lowest BCUT2D eigenvalue weighted by molar-refractivity contribution is 0.295. The summed E-state index contributed by atoms with van der Waals surface area (Å²) in [4.78, 5) is 11.6. The standard InChI is InChI=1S/C26H34N4O2/c1-4-30(5-2)16-10-9-13-22(20-11-7-6-8-12-20)28-26-19-27-18-23(29-26)21-14-15-24(31)25(17-21)32-3/h6-8,11-12,14-15,17-19,22,31H,4-5,9-10,13,16H2,1-3H3,(H,28,29). The molecule has 1 unspecified atom stereocenters. The van der Waals surface area contributed by atoms with Crippen LogP contribution in [-0.2, 0) is 0 Å². The molecule has 2 aromatic carbocycles. The Morgan fingerprint density at radius 2 is 1.81 bits per heavy atom. The van der Waals surface area contributed by atoms with E-state index in [-0.39, 0.29) is 11.8 Å². The largest absolute Gasteiger partial charge is 0.504 e. The van der Waals surface area contributed by atoms with Gasteiger partial charge in [-0.05, 0) is 62.7 Å².